The SMILES string of the molecule is COC(=O)C1=C(C)N(c2cccc(C)c2)C(=O)/C1=C/c1ccc(CN(Cc2ccc(Cl)cc2)S(=O)(=O)c2ccc(C)cc2)o1. The third-order valence-corrected chi connectivity index (χ3v) is 9.34. The summed E-state index contributed by atoms with van der Waals surface area (Å²) in [4.78, 5) is 28.1. The summed E-state index contributed by atoms with van der Waals surface area (Å²) < 4.78 is 39.9. The summed E-state index contributed by atoms with van der Waals surface area (Å²) in [6.07, 6.45) is 1.48. The Hall–Kier alpha value is -4.44. The van der Waals surface area contributed by atoms with E-state index in [0.29, 0.717) is 22.2 Å². The molecule has 10 heteroatoms. The second kappa shape index (κ2) is 12.7. The van der Waals surface area contributed by atoms with Crippen LogP contribution in [0.5, 0.6) is 0 Å². The number of carbonyl (C=O) groups is 2. The Morgan fingerprint density at radius 2 is 1.64 bits per heavy atom. The maximum Gasteiger partial charge on any atom is 0.340 e. The molecular formula is C34H31ClN2O6S. The van der Waals surface area contributed by atoms with E-state index in [1.165, 1.54) is 22.4 Å². The van der Waals surface area contributed by atoms with Gasteiger partial charge in [-0.15, -0.1) is 0 Å². The molecule has 0 aliphatic carbocycles. The van der Waals surface area contributed by atoms with Crippen LogP contribution in [0.3, 0.4) is 0 Å². The summed E-state index contributed by atoms with van der Waals surface area (Å²) in [5.74, 6) is -0.425. The zero-order chi connectivity index (χ0) is 31.6. The van der Waals surface area contributed by atoms with Gasteiger partial charge in [-0.3, -0.25) is 9.69 Å². The van der Waals surface area contributed by atoms with E-state index in [-0.39, 0.29) is 34.9 Å². The van der Waals surface area contributed by atoms with E-state index in [4.69, 9.17) is 20.8 Å². The van der Waals surface area contributed by atoms with Crippen LogP contribution < -0.4 is 4.90 Å². The van der Waals surface area contributed by atoms with Crippen molar-refractivity contribution >= 4 is 45.3 Å². The lowest BCUT2D eigenvalue weighted by atomic mass is 10.1. The monoisotopic (exact) mass is 630 g/mol. The van der Waals surface area contributed by atoms with Gasteiger partial charge in [-0.1, -0.05) is 53.6 Å². The number of anilines is 1. The molecule has 5 rings (SSSR count). The van der Waals surface area contributed by atoms with Gasteiger partial charge in [0.25, 0.3) is 5.91 Å². The highest BCUT2D eigenvalue weighted by Gasteiger charge is 2.38. The number of benzene rings is 3. The quantitative estimate of drug-likeness (QED) is 0.149. The second-order valence-electron chi connectivity index (χ2n) is 10.5. The first-order valence-electron chi connectivity index (χ1n) is 13.8. The zero-order valence-electron chi connectivity index (χ0n) is 24.7. The molecule has 1 aliphatic rings. The van der Waals surface area contributed by atoms with Crippen LogP contribution in [0, 0.1) is 13.8 Å². The number of hydrogen-bond donors (Lipinski definition) is 0. The number of esters is 1. The molecule has 2 heterocycles. The van der Waals surface area contributed by atoms with Gasteiger partial charge < -0.3 is 9.15 Å². The number of sulfonamides is 1. The van der Waals surface area contributed by atoms with Crippen LogP contribution >= 0.6 is 11.6 Å². The minimum atomic E-state index is -3.92. The van der Waals surface area contributed by atoms with Crippen molar-refractivity contribution in [1.82, 2.24) is 4.31 Å². The molecule has 8 nitrogen and oxygen atoms in total. The number of rotatable bonds is 9. The normalized spacial score (nSPS) is 14.6. The molecule has 226 valence electrons. The highest BCUT2D eigenvalue weighted by atomic mass is 35.5. The second-order valence-corrected chi connectivity index (χ2v) is 12.9. The molecule has 0 spiro atoms. The maximum atomic E-state index is 13.8. The molecule has 3 aromatic carbocycles. The van der Waals surface area contributed by atoms with Crippen molar-refractivity contribution in [3.63, 3.8) is 0 Å². The number of aryl methyl sites for hydroxylation is 2. The first-order chi connectivity index (χ1) is 21.0. The van der Waals surface area contributed by atoms with Gasteiger partial charge in [-0.05, 0) is 86.5 Å². The molecule has 4 aromatic rings. The third-order valence-electron chi connectivity index (χ3n) is 7.28. The Bertz CT molecular complexity index is 1890. The fraction of sp³-hybridized carbons (Fsp3) is 0.176. The molecule has 0 atom stereocenters. The molecule has 0 saturated heterocycles. The highest BCUT2D eigenvalue weighted by molar-refractivity contribution is 7.89. The summed E-state index contributed by atoms with van der Waals surface area (Å²) in [5.41, 5.74) is 3.94. The topological polar surface area (TPSA) is 97.1 Å². The smallest absolute Gasteiger partial charge is 0.340 e. The van der Waals surface area contributed by atoms with Crippen molar-refractivity contribution in [1.29, 1.82) is 0 Å². The van der Waals surface area contributed by atoms with Crippen LogP contribution in [0.25, 0.3) is 6.08 Å². The van der Waals surface area contributed by atoms with Crippen LogP contribution in [0.1, 0.15) is 35.1 Å². The van der Waals surface area contributed by atoms with E-state index in [2.05, 4.69) is 0 Å². The number of hydrogen-bond acceptors (Lipinski definition) is 6. The van der Waals surface area contributed by atoms with E-state index in [1.54, 1.807) is 73.7 Å². The molecule has 0 saturated carbocycles. The summed E-state index contributed by atoms with van der Waals surface area (Å²) in [5, 5.41) is 0.545. The zero-order valence-corrected chi connectivity index (χ0v) is 26.3. The predicted molar refractivity (Wildman–Crippen MR) is 169 cm³/mol. The van der Waals surface area contributed by atoms with Gasteiger partial charge in [0, 0.05) is 23.0 Å². The Balaban J connectivity index is 1.48. The lowest BCUT2D eigenvalue weighted by Crippen LogP contribution is -2.30. The first kappa shape index (κ1) is 31.0. The molecule has 0 bridgehead atoms. The Labute approximate surface area is 261 Å². The molecule has 1 amide bonds. The fourth-order valence-corrected chi connectivity index (χ4v) is 6.53. The third kappa shape index (κ3) is 6.40. The molecule has 1 aliphatic heterocycles. The van der Waals surface area contributed by atoms with Gasteiger partial charge in [0.1, 0.15) is 11.5 Å². The van der Waals surface area contributed by atoms with E-state index >= 15 is 0 Å². The highest BCUT2D eigenvalue weighted by Crippen LogP contribution is 2.36. The van der Waals surface area contributed by atoms with Crippen molar-refractivity contribution in [2.24, 2.45) is 0 Å². The van der Waals surface area contributed by atoms with Gasteiger partial charge in [-0.25, -0.2) is 13.2 Å². The van der Waals surface area contributed by atoms with Gasteiger partial charge in [0.15, 0.2) is 0 Å². The Morgan fingerprint density at radius 3 is 2.30 bits per heavy atom. The number of furan rings is 1. The van der Waals surface area contributed by atoms with E-state index in [1.807, 2.05) is 32.0 Å². The van der Waals surface area contributed by atoms with Gasteiger partial charge in [0.05, 0.1) is 29.7 Å². The molecular weight excluding hydrogens is 600 g/mol. The summed E-state index contributed by atoms with van der Waals surface area (Å²) in [6.45, 7) is 5.48. The van der Waals surface area contributed by atoms with Gasteiger partial charge in [-0.2, -0.15) is 4.31 Å². The van der Waals surface area contributed by atoms with E-state index in [9.17, 15) is 18.0 Å². The maximum absolute atomic E-state index is 13.8. The van der Waals surface area contributed by atoms with Gasteiger partial charge in [0.2, 0.25) is 10.0 Å². The number of halogens is 1. The average molecular weight is 631 g/mol. The number of ether oxygens (including phenoxy) is 1. The van der Waals surface area contributed by atoms with Crippen molar-refractivity contribution < 1.29 is 27.2 Å². The van der Waals surface area contributed by atoms with Crippen LogP contribution in [-0.2, 0) is 37.4 Å². The minimum absolute atomic E-state index is 0.0723. The standard InChI is InChI=1S/C34H31ClN2O6S/c1-22-8-16-30(17-9-22)44(40,41)36(20-25-10-12-26(35)13-11-25)21-29-15-14-28(43-29)19-31-32(34(39)42-4)24(3)37(33(31)38)27-7-5-6-23(2)18-27/h5-19H,20-21H2,1-4H3/b31-19+. The molecule has 0 radical (unpaired) electrons. The Morgan fingerprint density at radius 1 is 0.932 bits per heavy atom. The Kier molecular flexibility index (Phi) is 8.92. The lowest BCUT2D eigenvalue weighted by Gasteiger charge is -2.21. The summed E-state index contributed by atoms with van der Waals surface area (Å²) in [6, 6.07) is 24.3. The van der Waals surface area contributed by atoms with E-state index in [0.717, 1.165) is 16.7 Å². The molecule has 0 N–H and O–H groups in total. The first-order valence-corrected chi connectivity index (χ1v) is 15.6. The van der Waals surface area contributed by atoms with Crippen molar-refractivity contribution in [3.05, 3.63) is 135 Å². The molecule has 1 aromatic heterocycles. The van der Waals surface area contributed by atoms with Crippen LogP contribution in [-0.4, -0.2) is 31.7 Å². The van der Waals surface area contributed by atoms with Crippen LogP contribution in [0.15, 0.2) is 111 Å². The number of carbonyl (C=O) groups excluding carboxylic acids is 2. The number of nitrogens with zero attached hydrogens (tertiary/aromatic N) is 2. The summed E-state index contributed by atoms with van der Waals surface area (Å²) in [7, 11) is -2.66. The number of methoxy groups -OCH3 is 1. The molecule has 0 unspecified atom stereocenters. The number of allylic oxidation sites excluding steroid dienone is 1. The largest absolute Gasteiger partial charge is 0.465 e. The van der Waals surface area contributed by atoms with Crippen LogP contribution in [0.4, 0.5) is 5.69 Å². The summed E-state index contributed by atoms with van der Waals surface area (Å²) >= 11 is 6.05. The minimum Gasteiger partial charge on any atom is -0.465 e. The van der Waals surface area contributed by atoms with E-state index < -0.39 is 21.9 Å². The van der Waals surface area contributed by atoms with Crippen LogP contribution in [0.2, 0.25) is 5.02 Å². The van der Waals surface area contributed by atoms with Crippen molar-refractivity contribution in [3.8, 4) is 0 Å². The molecule has 44 heavy (non-hydrogen) atoms. The molecule has 0 fully saturated rings. The predicted octanol–water partition coefficient (Wildman–Crippen LogP) is 6.82. The fourth-order valence-electron chi connectivity index (χ4n) is 5.01. The van der Waals surface area contributed by atoms with Gasteiger partial charge >= 0.3 is 5.97 Å². The lowest BCUT2D eigenvalue weighted by molar-refractivity contribution is -0.136. The van der Waals surface area contributed by atoms with Crippen molar-refractivity contribution in [2.45, 2.75) is 38.8 Å². The van der Waals surface area contributed by atoms with Crippen molar-refractivity contribution in [2.75, 3.05) is 12.0 Å². The number of amides is 1. The average Bonchev–Trinajstić information content (AvgIpc) is 3.54.